The first-order valence-electron chi connectivity index (χ1n) is 7.19. The van der Waals surface area contributed by atoms with Gasteiger partial charge >= 0.3 is 0 Å². The Morgan fingerprint density at radius 2 is 2.15 bits per heavy atom. The fraction of sp³-hybridized carbons (Fsp3) is 0.562. The van der Waals surface area contributed by atoms with Gasteiger partial charge in [-0.25, -0.2) is 0 Å². The van der Waals surface area contributed by atoms with Crippen molar-refractivity contribution in [2.75, 3.05) is 20.3 Å². The topological polar surface area (TPSA) is 58.6 Å². The molecular weight excluding hydrogens is 254 g/mol. The summed E-state index contributed by atoms with van der Waals surface area (Å²) in [6.45, 7) is 2.80. The Morgan fingerprint density at radius 3 is 2.85 bits per heavy atom. The molecule has 0 saturated heterocycles. The first-order valence-corrected chi connectivity index (χ1v) is 7.19. The van der Waals surface area contributed by atoms with Gasteiger partial charge in [0, 0.05) is 13.2 Å². The predicted molar refractivity (Wildman–Crippen MR) is 78.0 cm³/mol. The molecule has 0 aliphatic heterocycles. The van der Waals surface area contributed by atoms with Gasteiger partial charge in [0.05, 0.1) is 12.7 Å². The zero-order valence-corrected chi connectivity index (χ0v) is 12.2. The zero-order valence-electron chi connectivity index (χ0n) is 12.2. The van der Waals surface area contributed by atoms with Crippen LogP contribution in [-0.4, -0.2) is 31.3 Å². The molecule has 2 unspecified atom stereocenters. The van der Waals surface area contributed by atoms with Crippen molar-refractivity contribution in [3.63, 3.8) is 0 Å². The molecule has 0 radical (unpaired) electrons. The number of ether oxygens (including phenoxy) is 1. The van der Waals surface area contributed by atoms with Crippen LogP contribution in [0.3, 0.4) is 0 Å². The lowest BCUT2D eigenvalue weighted by Crippen LogP contribution is -2.32. The fourth-order valence-electron chi connectivity index (χ4n) is 2.94. The molecule has 2 N–H and O–H groups in total. The number of aryl methyl sites for hydroxylation is 1. The van der Waals surface area contributed by atoms with Crippen LogP contribution in [-0.2, 0) is 0 Å². The van der Waals surface area contributed by atoms with E-state index in [1.54, 1.807) is 7.11 Å². The van der Waals surface area contributed by atoms with Crippen LogP contribution in [0.1, 0.15) is 35.2 Å². The molecule has 2 rings (SSSR count). The summed E-state index contributed by atoms with van der Waals surface area (Å²) in [5.41, 5.74) is 1.61. The van der Waals surface area contributed by atoms with Gasteiger partial charge in [-0.3, -0.25) is 4.79 Å². The normalized spacial score (nSPS) is 21.8. The van der Waals surface area contributed by atoms with E-state index in [9.17, 15) is 9.90 Å². The van der Waals surface area contributed by atoms with Crippen LogP contribution in [0.15, 0.2) is 18.2 Å². The minimum absolute atomic E-state index is 0.103. The molecule has 1 aliphatic carbocycles. The van der Waals surface area contributed by atoms with Gasteiger partial charge in [0.25, 0.3) is 5.91 Å². The van der Waals surface area contributed by atoms with Crippen LogP contribution in [0.2, 0.25) is 0 Å². The summed E-state index contributed by atoms with van der Waals surface area (Å²) < 4.78 is 5.23. The Kier molecular flexibility index (Phi) is 5.01. The predicted octanol–water partition coefficient (Wildman–Crippen LogP) is 2.14. The average molecular weight is 277 g/mol. The van der Waals surface area contributed by atoms with Crippen LogP contribution in [0, 0.1) is 18.8 Å². The quantitative estimate of drug-likeness (QED) is 0.867. The van der Waals surface area contributed by atoms with Crippen molar-refractivity contribution in [1.29, 1.82) is 0 Å². The first kappa shape index (κ1) is 14.9. The second-order valence-corrected chi connectivity index (χ2v) is 5.55. The highest BCUT2D eigenvalue weighted by Gasteiger charge is 2.27. The SMILES string of the molecule is COc1ccc(C)cc1C(=O)NCC1CCCC1CO. The van der Waals surface area contributed by atoms with E-state index < -0.39 is 0 Å². The van der Waals surface area contributed by atoms with E-state index in [4.69, 9.17) is 4.74 Å². The van der Waals surface area contributed by atoms with Crippen molar-refractivity contribution in [3.8, 4) is 5.75 Å². The van der Waals surface area contributed by atoms with Crippen molar-refractivity contribution in [1.82, 2.24) is 5.32 Å². The van der Waals surface area contributed by atoms with Gasteiger partial charge in [-0.1, -0.05) is 18.1 Å². The first-order chi connectivity index (χ1) is 9.65. The second-order valence-electron chi connectivity index (χ2n) is 5.55. The lowest BCUT2D eigenvalue weighted by molar-refractivity contribution is 0.0934. The smallest absolute Gasteiger partial charge is 0.255 e. The summed E-state index contributed by atoms with van der Waals surface area (Å²) in [5, 5.41) is 12.3. The maximum absolute atomic E-state index is 12.3. The Morgan fingerprint density at radius 1 is 1.40 bits per heavy atom. The number of carbonyl (C=O) groups is 1. The van der Waals surface area contributed by atoms with Crippen LogP contribution in [0.5, 0.6) is 5.75 Å². The summed E-state index contributed by atoms with van der Waals surface area (Å²) in [7, 11) is 1.57. The largest absolute Gasteiger partial charge is 0.496 e. The molecule has 20 heavy (non-hydrogen) atoms. The molecule has 0 heterocycles. The van der Waals surface area contributed by atoms with Crippen molar-refractivity contribution in [2.24, 2.45) is 11.8 Å². The van der Waals surface area contributed by atoms with Gasteiger partial charge < -0.3 is 15.2 Å². The van der Waals surface area contributed by atoms with Gasteiger partial charge in [-0.15, -0.1) is 0 Å². The lowest BCUT2D eigenvalue weighted by Gasteiger charge is -2.18. The molecule has 2 atom stereocenters. The molecule has 1 saturated carbocycles. The molecular formula is C16H23NO3. The number of hydrogen-bond acceptors (Lipinski definition) is 3. The minimum Gasteiger partial charge on any atom is -0.496 e. The molecule has 1 fully saturated rings. The second kappa shape index (κ2) is 6.75. The highest BCUT2D eigenvalue weighted by atomic mass is 16.5. The minimum atomic E-state index is -0.103. The Labute approximate surface area is 120 Å². The Bertz CT molecular complexity index is 473. The van der Waals surface area contributed by atoms with Crippen molar-refractivity contribution >= 4 is 5.91 Å². The maximum Gasteiger partial charge on any atom is 0.255 e. The number of carbonyl (C=O) groups excluding carboxylic acids is 1. The third-order valence-electron chi connectivity index (χ3n) is 4.18. The number of aliphatic hydroxyl groups excluding tert-OH is 1. The molecule has 0 aromatic heterocycles. The number of rotatable bonds is 5. The molecule has 1 aliphatic rings. The van der Waals surface area contributed by atoms with Gasteiger partial charge in [-0.2, -0.15) is 0 Å². The summed E-state index contributed by atoms with van der Waals surface area (Å²) in [6.07, 6.45) is 3.28. The highest BCUT2D eigenvalue weighted by molar-refractivity contribution is 5.97. The standard InChI is InChI=1S/C16H23NO3/c1-11-6-7-15(20-2)14(8-11)16(19)17-9-12-4-3-5-13(12)10-18/h6-8,12-13,18H,3-5,9-10H2,1-2H3,(H,17,19). The highest BCUT2D eigenvalue weighted by Crippen LogP contribution is 2.30. The molecule has 110 valence electrons. The maximum atomic E-state index is 12.3. The van der Waals surface area contributed by atoms with Gasteiger partial charge in [0.2, 0.25) is 0 Å². The van der Waals surface area contributed by atoms with Crippen LogP contribution >= 0.6 is 0 Å². The third-order valence-corrected chi connectivity index (χ3v) is 4.18. The van der Waals surface area contributed by atoms with E-state index in [2.05, 4.69) is 5.32 Å². The van der Waals surface area contributed by atoms with E-state index >= 15 is 0 Å². The molecule has 4 heteroatoms. The number of benzene rings is 1. The third kappa shape index (κ3) is 3.31. The Balaban J connectivity index is 2.00. The number of hydrogen-bond donors (Lipinski definition) is 2. The summed E-state index contributed by atoms with van der Waals surface area (Å²) in [4.78, 5) is 12.3. The van der Waals surface area contributed by atoms with Crippen LogP contribution < -0.4 is 10.1 Å². The van der Waals surface area contributed by atoms with E-state index in [1.165, 1.54) is 0 Å². The molecule has 0 bridgehead atoms. The van der Waals surface area contributed by atoms with Crippen molar-refractivity contribution in [2.45, 2.75) is 26.2 Å². The van der Waals surface area contributed by atoms with Gasteiger partial charge in [0.1, 0.15) is 5.75 Å². The van der Waals surface area contributed by atoms with E-state index in [-0.39, 0.29) is 12.5 Å². The number of nitrogens with one attached hydrogen (secondary N) is 1. The van der Waals surface area contributed by atoms with Crippen molar-refractivity contribution in [3.05, 3.63) is 29.3 Å². The zero-order chi connectivity index (χ0) is 14.5. The lowest BCUT2D eigenvalue weighted by atomic mass is 9.97. The van der Waals surface area contributed by atoms with Crippen LogP contribution in [0.4, 0.5) is 0 Å². The number of amides is 1. The van der Waals surface area contributed by atoms with E-state index in [0.717, 1.165) is 24.8 Å². The molecule has 0 spiro atoms. The average Bonchev–Trinajstić information content (AvgIpc) is 2.92. The molecule has 1 amide bonds. The molecule has 1 aromatic carbocycles. The van der Waals surface area contributed by atoms with Crippen LogP contribution in [0.25, 0.3) is 0 Å². The van der Waals surface area contributed by atoms with E-state index in [0.29, 0.717) is 29.7 Å². The fourth-order valence-corrected chi connectivity index (χ4v) is 2.94. The number of aliphatic hydroxyl groups is 1. The van der Waals surface area contributed by atoms with Gasteiger partial charge in [0.15, 0.2) is 0 Å². The van der Waals surface area contributed by atoms with Crippen molar-refractivity contribution < 1.29 is 14.6 Å². The van der Waals surface area contributed by atoms with Gasteiger partial charge in [-0.05, 0) is 43.7 Å². The summed E-state index contributed by atoms with van der Waals surface area (Å²) in [5.74, 6) is 1.21. The summed E-state index contributed by atoms with van der Waals surface area (Å²) >= 11 is 0. The summed E-state index contributed by atoms with van der Waals surface area (Å²) in [6, 6.07) is 5.58. The number of methoxy groups -OCH3 is 1. The molecule has 4 nitrogen and oxygen atoms in total. The monoisotopic (exact) mass is 277 g/mol. The Hall–Kier alpha value is -1.55. The molecule has 1 aromatic rings. The van der Waals surface area contributed by atoms with E-state index in [1.807, 2.05) is 25.1 Å².